The Labute approximate surface area is 196 Å². The van der Waals surface area contributed by atoms with Crippen LogP contribution >= 0.6 is 0 Å². The van der Waals surface area contributed by atoms with E-state index < -0.39 is 23.1 Å². The number of carbonyl (C=O) groups is 1. The molecule has 34 heavy (non-hydrogen) atoms. The average molecular weight is 466 g/mol. The van der Waals surface area contributed by atoms with Crippen molar-refractivity contribution in [1.82, 2.24) is 10.3 Å². The SMILES string of the molecule is CC(C)(C)C(=N)/C=C(/NC(=O)Nc1ccc(Oc2ccncc2)cc1F)Nc1cccc(F)c1. The monoisotopic (exact) mass is 465 g/mol. The number of benzene rings is 2. The molecule has 0 atom stereocenters. The highest BCUT2D eigenvalue weighted by Gasteiger charge is 2.17. The summed E-state index contributed by atoms with van der Waals surface area (Å²) < 4.78 is 33.7. The summed E-state index contributed by atoms with van der Waals surface area (Å²) in [5, 5.41) is 16.1. The lowest BCUT2D eigenvalue weighted by atomic mass is 9.90. The highest BCUT2D eigenvalue weighted by Crippen LogP contribution is 2.25. The normalized spacial score (nSPS) is 11.5. The maximum absolute atomic E-state index is 14.6. The predicted molar refractivity (Wildman–Crippen MR) is 128 cm³/mol. The van der Waals surface area contributed by atoms with Crippen molar-refractivity contribution < 1.29 is 18.3 Å². The second-order valence-electron chi connectivity index (χ2n) is 8.36. The maximum Gasteiger partial charge on any atom is 0.324 e. The van der Waals surface area contributed by atoms with Gasteiger partial charge in [0.15, 0.2) is 0 Å². The highest BCUT2D eigenvalue weighted by molar-refractivity contribution is 5.98. The van der Waals surface area contributed by atoms with Gasteiger partial charge in [-0.3, -0.25) is 10.3 Å². The van der Waals surface area contributed by atoms with Crippen LogP contribution in [-0.4, -0.2) is 16.7 Å². The van der Waals surface area contributed by atoms with Crippen LogP contribution in [0.25, 0.3) is 0 Å². The van der Waals surface area contributed by atoms with E-state index in [2.05, 4.69) is 20.9 Å². The Bertz CT molecular complexity index is 1210. The maximum atomic E-state index is 14.6. The van der Waals surface area contributed by atoms with E-state index in [-0.39, 0.29) is 23.0 Å². The molecule has 0 aliphatic rings. The average Bonchev–Trinajstić information content (AvgIpc) is 2.75. The molecule has 1 heterocycles. The number of anilines is 2. The van der Waals surface area contributed by atoms with E-state index in [9.17, 15) is 13.6 Å². The van der Waals surface area contributed by atoms with Gasteiger partial charge in [-0.2, -0.15) is 0 Å². The summed E-state index contributed by atoms with van der Waals surface area (Å²) in [5.41, 5.74) is 0.0205. The molecule has 0 spiro atoms. The van der Waals surface area contributed by atoms with Crippen molar-refractivity contribution in [2.24, 2.45) is 5.41 Å². The molecule has 0 unspecified atom stereocenters. The summed E-state index contributed by atoms with van der Waals surface area (Å²) in [6, 6.07) is 12.2. The molecule has 0 saturated heterocycles. The Morgan fingerprint density at radius 1 is 1.00 bits per heavy atom. The zero-order valence-corrected chi connectivity index (χ0v) is 18.9. The van der Waals surface area contributed by atoms with Crippen molar-refractivity contribution in [2.75, 3.05) is 10.6 Å². The Kier molecular flexibility index (Phi) is 7.57. The van der Waals surface area contributed by atoms with Crippen LogP contribution in [0.1, 0.15) is 20.8 Å². The van der Waals surface area contributed by atoms with E-state index in [0.29, 0.717) is 11.4 Å². The van der Waals surface area contributed by atoms with Gasteiger partial charge in [0.2, 0.25) is 0 Å². The first-order valence-corrected chi connectivity index (χ1v) is 10.4. The number of ether oxygens (including phenoxy) is 1. The van der Waals surface area contributed by atoms with Crippen molar-refractivity contribution in [3.05, 3.63) is 90.5 Å². The minimum Gasteiger partial charge on any atom is -0.457 e. The summed E-state index contributed by atoms with van der Waals surface area (Å²) in [7, 11) is 0. The van der Waals surface area contributed by atoms with E-state index in [1.807, 2.05) is 20.8 Å². The van der Waals surface area contributed by atoms with Gasteiger partial charge in [0.05, 0.1) is 5.69 Å². The number of amides is 2. The fourth-order valence-electron chi connectivity index (χ4n) is 2.66. The molecule has 4 N–H and O–H groups in total. The quantitative estimate of drug-likeness (QED) is 0.308. The number of pyridine rings is 1. The fourth-order valence-corrected chi connectivity index (χ4v) is 2.66. The number of carbonyl (C=O) groups excluding carboxylic acids is 1. The largest absolute Gasteiger partial charge is 0.457 e. The summed E-state index contributed by atoms with van der Waals surface area (Å²) in [4.78, 5) is 16.5. The number of halogens is 2. The lowest BCUT2D eigenvalue weighted by Crippen LogP contribution is -2.33. The van der Waals surface area contributed by atoms with Gasteiger partial charge < -0.3 is 20.8 Å². The lowest BCUT2D eigenvalue weighted by molar-refractivity contribution is 0.254. The Hall–Kier alpha value is -4.27. The molecule has 0 saturated carbocycles. The first-order valence-electron chi connectivity index (χ1n) is 10.4. The first kappa shape index (κ1) is 24.4. The van der Waals surface area contributed by atoms with Crippen LogP contribution in [0.3, 0.4) is 0 Å². The second-order valence-corrected chi connectivity index (χ2v) is 8.36. The molecule has 3 aromatic rings. The van der Waals surface area contributed by atoms with Crippen LogP contribution in [0.4, 0.5) is 25.0 Å². The number of rotatable bonds is 7. The molecule has 0 aliphatic heterocycles. The minimum absolute atomic E-state index is 0.0735. The molecule has 0 fully saturated rings. The van der Waals surface area contributed by atoms with Gasteiger partial charge >= 0.3 is 6.03 Å². The topological polar surface area (TPSA) is 99.1 Å². The van der Waals surface area contributed by atoms with E-state index in [0.717, 1.165) is 6.07 Å². The summed E-state index contributed by atoms with van der Waals surface area (Å²) in [6.07, 6.45) is 4.52. The summed E-state index contributed by atoms with van der Waals surface area (Å²) >= 11 is 0. The van der Waals surface area contributed by atoms with Gasteiger partial charge in [0.1, 0.15) is 29.0 Å². The van der Waals surface area contributed by atoms with Crippen molar-refractivity contribution in [1.29, 1.82) is 5.41 Å². The predicted octanol–water partition coefficient (Wildman–Crippen LogP) is 6.29. The zero-order chi connectivity index (χ0) is 24.7. The fraction of sp³-hybridized carbons (Fsp3) is 0.160. The second kappa shape index (κ2) is 10.6. The van der Waals surface area contributed by atoms with Gasteiger partial charge in [-0.1, -0.05) is 26.8 Å². The van der Waals surface area contributed by atoms with Crippen LogP contribution in [0.15, 0.2) is 78.9 Å². The molecule has 2 aromatic carbocycles. The standard InChI is InChI=1S/C25H25F2N5O2/c1-25(2,3)22(28)15-23(30-17-6-4-5-16(26)13-17)32-24(33)31-21-8-7-19(14-20(21)27)34-18-9-11-29-12-10-18/h4-15,28,30H,1-3H3,(H2,31,32,33)/b23-15+,28-22?. The van der Waals surface area contributed by atoms with Crippen LogP contribution in [-0.2, 0) is 0 Å². The van der Waals surface area contributed by atoms with Crippen LogP contribution in [0, 0.1) is 22.5 Å². The van der Waals surface area contributed by atoms with Crippen LogP contribution in [0.5, 0.6) is 11.5 Å². The Morgan fingerprint density at radius 3 is 2.38 bits per heavy atom. The number of urea groups is 1. The molecule has 1 aromatic heterocycles. The van der Waals surface area contributed by atoms with Gasteiger partial charge in [-0.25, -0.2) is 13.6 Å². The van der Waals surface area contributed by atoms with Crippen molar-refractivity contribution in [3.63, 3.8) is 0 Å². The van der Waals surface area contributed by atoms with E-state index in [1.54, 1.807) is 30.6 Å². The lowest BCUT2D eigenvalue weighted by Gasteiger charge is -2.20. The number of nitrogens with one attached hydrogen (secondary N) is 4. The number of hydrogen-bond acceptors (Lipinski definition) is 5. The Balaban J connectivity index is 1.73. The number of nitrogens with zero attached hydrogens (tertiary/aromatic N) is 1. The zero-order valence-electron chi connectivity index (χ0n) is 18.9. The third-order valence-corrected chi connectivity index (χ3v) is 4.52. The molecule has 0 bridgehead atoms. The number of hydrogen-bond donors (Lipinski definition) is 4. The molecule has 176 valence electrons. The van der Waals surface area contributed by atoms with Crippen LogP contribution < -0.4 is 20.7 Å². The van der Waals surface area contributed by atoms with E-state index in [4.69, 9.17) is 10.1 Å². The van der Waals surface area contributed by atoms with Crippen molar-refractivity contribution in [2.45, 2.75) is 20.8 Å². The third kappa shape index (κ3) is 7.13. The molecular weight excluding hydrogens is 440 g/mol. The highest BCUT2D eigenvalue weighted by atomic mass is 19.1. The van der Waals surface area contributed by atoms with Gasteiger partial charge in [-0.15, -0.1) is 0 Å². The Morgan fingerprint density at radius 2 is 1.74 bits per heavy atom. The van der Waals surface area contributed by atoms with Gasteiger partial charge in [0.25, 0.3) is 0 Å². The van der Waals surface area contributed by atoms with Crippen LogP contribution in [0.2, 0.25) is 0 Å². The molecule has 7 nitrogen and oxygen atoms in total. The molecule has 3 rings (SSSR count). The number of aromatic nitrogens is 1. The minimum atomic E-state index is -0.751. The third-order valence-electron chi connectivity index (χ3n) is 4.52. The molecular formula is C25H25F2N5O2. The molecule has 2 amide bonds. The van der Waals surface area contributed by atoms with Gasteiger partial charge in [0, 0.05) is 41.4 Å². The summed E-state index contributed by atoms with van der Waals surface area (Å²) in [5.74, 6) is -0.293. The molecule has 9 heteroatoms. The summed E-state index contributed by atoms with van der Waals surface area (Å²) in [6.45, 7) is 5.53. The number of allylic oxidation sites excluding steroid dienone is 1. The van der Waals surface area contributed by atoms with Gasteiger partial charge in [-0.05, 0) is 42.5 Å². The first-order chi connectivity index (χ1) is 16.1. The molecule has 0 radical (unpaired) electrons. The van der Waals surface area contributed by atoms with Crippen molar-refractivity contribution in [3.8, 4) is 11.5 Å². The van der Waals surface area contributed by atoms with E-state index in [1.165, 1.54) is 36.4 Å². The smallest absolute Gasteiger partial charge is 0.324 e. The molecule has 0 aliphatic carbocycles. The van der Waals surface area contributed by atoms with E-state index >= 15 is 0 Å². The van der Waals surface area contributed by atoms with Crippen molar-refractivity contribution >= 4 is 23.1 Å².